The molecule has 2 rings (SSSR count). The number of piperidine rings is 1. The number of halogens is 3. The molecular formula is C13H17F3N2O. The van der Waals surface area contributed by atoms with E-state index in [0.29, 0.717) is 13.1 Å². The molecule has 1 aromatic carbocycles. The molecule has 6 heteroatoms. The number of benzene rings is 1. The zero-order chi connectivity index (χ0) is 14.1. The van der Waals surface area contributed by atoms with E-state index >= 15 is 0 Å². The number of alkyl halides is 3. The van der Waals surface area contributed by atoms with Crippen LogP contribution in [0.3, 0.4) is 0 Å². The standard InChI is InChI=1S/C13H17F3N2O/c14-13(15,16)11(9-2-1-3-10(17)8-9)12(19)4-6-18-7-5-12/h1-3,8,11,18-19H,4-7,17H2. The molecule has 4 N–H and O–H groups in total. The smallest absolute Gasteiger partial charge is 0.398 e. The van der Waals surface area contributed by atoms with Gasteiger partial charge in [-0.1, -0.05) is 12.1 Å². The summed E-state index contributed by atoms with van der Waals surface area (Å²) >= 11 is 0. The minimum Gasteiger partial charge on any atom is -0.399 e. The fourth-order valence-electron chi connectivity index (χ4n) is 2.69. The maximum atomic E-state index is 13.3. The molecule has 1 aromatic rings. The van der Waals surface area contributed by atoms with Crippen molar-refractivity contribution in [1.29, 1.82) is 0 Å². The highest BCUT2D eigenvalue weighted by Crippen LogP contribution is 2.46. The van der Waals surface area contributed by atoms with Gasteiger partial charge in [0.1, 0.15) is 5.92 Å². The summed E-state index contributed by atoms with van der Waals surface area (Å²) in [5.74, 6) is -1.90. The third kappa shape index (κ3) is 3.01. The second-order valence-corrected chi connectivity index (χ2v) is 5.00. The van der Waals surface area contributed by atoms with Crippen LogP contribution in [0, 0.1) is 0 Å². The van der Waals surface area contributed by atoms with E-state index in [0.717, 1.165) is 0 Å². The van der Waals surface area contributed by atoms with Crippen LogP contribution in [-0.2, 0) is 0 Å². The average Bonchev–Trinajstić information content (AvgIpc) is 2.27. The summed E-state index contributed by atoms with van der Waals surface area (Å²) in [6.45, 7) is 0.761. The molecule has 106 valence electrons. The Bertz CT molecular complexity index is 442. The number of nitrogens with two attached hydrogens (primary N) is 1. The van der Waals surface area contributed by atoms with Gasteiger partial charge in [-0.2, -0.15) is 13.2 Å². The van der Waals surface area contributed by atoms with Crippen LogP contribution in [0.4, 0.5) is 18.9 Å². The Morgan fingerprint density at radius 3 is 2.42 bits per heavy atom. The third-order valence-corrected chi connectivity index (χ3v) is 3.58. The lowest BCUT2D eigenvalue weighted by Crippen LogP contribution is -2.50. The van der Waals surface area contributed by atoms with Crippen LogP contribution in [0.15, 0.2) is 24.3 Å². The van der Waals surface area contributed by atoms with Crippen LogP contribution in [0.2, 0.25) is 0 Å². The highest BCUT2D eigenvalue weighted by molar-refractivity contribution is 5.43. The summed E-state index contributed by atoms with van der Waals surface area (Å²) in [6, 6.07) is 5.67. The molecule has 1 saturated heterocycles. The number of hydrogen-bond acceptors (Lipinski definition) is 3. The minimum absolute atomic E-state index is 0.0249. The van der Waals surface area contributed by atoms with Gasteiger partial charge >= 0.3 is 6.18 Å². The summed E-state index contributed by atoms with van der Waals surface area (Å²) in [5.41, 5.74) is 4.08. The van der Waals surface area contributed by atoms with Crippen LogP contribution in [0.1, 0.15) is 24.3 Å². The van der Waals surface area contributed by atoms with Gasteiger partial charge in [0.05, 0.1) is 5.60 Å². The second kappa shape index (κ2) is 5.02. The van der Waals surface area contributed by atoms with Crippen molar-refractivity contribution in [3.05, 3.63) is 29.8 Å². The summed E-state index contributed by atoms with van der Waals surface area (Å²) < 4.78 is 40.0. The van der Waals surface area contributed by atoms with E-state index in [2.05, 4.69) is 5.32 Å². The van der Waals surface area contributed by atoms with Crippen LogP contribution in [0.5, 0.6) is 0 Å². The SMILES string of the molecule is Nc1cccc(C(C(F)(F)F)C2(O)CCNCC2)c1. The summed E-state index contributed by atoms with van der Waals surface area (Å²) in [5, 5.41) is 13.4. The molecule has 1 fully saturated rings. The molecule has 0 saturated carbocycles. The highest BCUT2D eigenvalue weighted by atomic mass is 19.4. The van der Waals surface area contributed by atoms with Crippen LogP contribution in [-0.4, -0.2) is 30.0 Å². The lowest BCUT2D eigenvalue weighted by atomic mass is 9.75. The average molecular weight is 274 g/mol. The molecule has 0 aliphatic carbocycles. The molecule has 0 aromatic heterocycles. The molecule has 1 atom stereocenters. The molecule has 0 radical (unpaired) electrons. The largest absolute Gasteiger partial charge is 0.399 e. The molecule has 3 nitrogen and oxygen atoms in total. The Morgan fingerprint density at radius 2 is 1.89 bits per heavy atom. The van der Waals surface area contributed by atoms with E-state index in [4.69, 9.17) is 5.73 Å². The van der Waals surface area contributed by atoms with Crippen molar-refractivity contribution >= 4 is 5.69 Å². The Hall–Kier alpha value is -1.27. The maximum Gasteiger partial charge on any atom is 0.398 e. The number of anilines is 1. The molecule has 0 amide bonds. The first-order chi connectivity index (χ1) is 8.83. The molecular weight excluding hydrogens is 257 g/mol. The van der Waals surface area contributed by atoms with E-state index in [1.54, 1.807) is 0 Å². The minimum atomic E-state index is -4.50. The Balaban J connectivity index is 2.41. The van der Waals surface area contributed by atoms with E-state index in [9.17, 15) is 18.3 Å². The molecule has 1 unspecified atom stereocenters. The normalized spacial score (nSPS) is 21.1. The maximum absolute atomic E-state index is 13.3. The van der Waals surface area contributed by atoms with Crippen molar-refractivity contribution in [3.8, 4) is 0 Å². The number of rotatable bonds is 2. The molecule has 1 aliphatic rings. The van der Waals surface area contributed by atoms with Gasteiger partial charge in [-0.05, 0) is 43.6 Å². The second-order valence-electron chi connectivity index (χ2n) is 5.00. The third-order valence-electron chi connectivity index (χ3n) is 3.58. The zero-order valence-corrected chi connectivity index (χ0v) is 10.4. The first-order valence-corrected chi connectivity index (χ1v) is 6.18. The fraction of sp³-hybridized carbons (Fsp3) is 0.538. The number of hydrogen-bond donors (Lipinski definition) is 3. The van der Waals surface area contributed by atoms with Gasteiger partial charge in [-0.3, -0.25) is 0 Å². The topological polar surface area (TPSA) is 58.3 Å². The quantitative estimate of drug-likeness (QED) is 0.723. The zero-order valence-electron chi connectivity index (χ0n) is 10.4. The van der Waals surface area contributed by atoms with Crippen molar-refractivity contribution in [3.63, 3.8) is 0 Å². The van der Waals surface area contributed by atoms with Crippen LogP contribution in [0.25, 0.3) is 0 Å². The van der Waals surface area contributed by atoms with Crippen molar-refractivity contribution in [2.24, 2.45) is 0 Å². The lowest BCUT2D eigenvalue weighted by Gasteiger charge is -2.40. The monoisotopic (exact) mass is 274 g/mol. The van der Waals surface area contributed by atoms with E-state index < -0.39 is 17.7 Å². The van der Waals surface area contributed by atoms with E-state index in [1.165, 1.54) is 24.3 Å². The number of nitrogen functional groups attached to an aromatic ring is 1. The molecule has 19 heavy (non-hydrogen) atoms. The van der Waals surface area contributed by atoms with Gasteiger partial charge in [0.15, 0.2) is 0 Å². The van der Waals surface area contributed by atoms with Crippen molar-refractivity contribution < 1.29 is 18.3 Å². The molecule has 1 heterocycles. The van der Waals surface area contributed by atoms with Gasteiger partial charge < -0.3 is 16.2 Å². The molecule has 1 aliphatic heterocycles. The van der Waals surface area contributed by atoms with Gasteiger partial charge in [0.2, 0.25) is 0 Å². The van der Waals surface area contributed by atoms with Crippen molar-refractivity contribution in [2.45, 2.75) is 30.5 Å². The summed E-state index contributed by atoms with van der Waals surface area (Å²) in [7, 11) is 0. The lowest BCUT2D eigenvalue weighted by molar-refractivity contribution is -0.201. The first kappa shape index (κ1) is 14.1. The Morgan fingerprint density at radius 1 is 1.26 bits per heavy atom. The first-order valence-electron chi connectivity index (χ1n) is 6.18. The van der Waals surface area contributed by atoms with Crippen LogP contribution < -0.4 is 11.1 Å². The van der Waals surface area contributed by atoms with Crippen molar-refractivity contribution in [2.75, 3.05) is 18.8 Å². The van der Waals surface area contributed by atoms with E-state index in [1.807, 2.05) is 0 Å². The Labute approximate surface area is 109 Å². The van der Waals surface area contributed by atoms with Crippen LogP contribution >= 0.6 is 0 Å². The molecule has 0 bridgehead atoms. The van der Waals surface area contributed by atoms with Gasteiger partial charge in [-0.15, -0.1) is 0 Å². The predicted octanol–water partition coefficient (Wildman–Crippen LogP) is 2.03. The predicted molar refractivity (Wildman–Crippen MR) is 66.7 cm³/mol. The Kier molecular flexibility index (Phi) is 3.73. The molecule has 0 spiro atoms. The fourth-order valence-corrected chi connectivity index (χ4v) is 2.69. The number of aliphatic hydroxyl groups is 1. The number of nitrogens with one attached hydrogen (secondary N) is 1. The summed E-state index contributed by atoms with van der Waals surface area (Å²) in [4.78, 5) is 0. The highest BCUT2D eigenvalue weighted by Gasteiger charge is 2.53. The van der Waals surface area contributed by atoms with Crippen molar-refractivity contribution in [1.82, 2.24) is 5.32 Å². The summed E-state index contributed by atoms with van der Waals surface area (Å²) in [6.07, 6.45) is -4.35. The van der Waals surface area contributed by atoms with Gasteiger partial charge in [0.25, 0.3) is 0 Å². The van der Waals surface area contributed by atoms with E-state index in [-0.39, 0.29) is 24.1 Å². The van der Waals surface area contributed by atoms with Gasteiger partial charge in [-0.25, -0.2) is 0 Å². The van der Waals surface area contributed by atoms with Gasteiger partial charge in [0, 0.05) is 5.69 Å².